The highest BCUT2D eigenvalue weighted by Gasteiger charge is 2.15. The Morgan fingerprint density at radius 2 is 2.20 bits per heavy atom. The highest BCUT2D eigenvalue weighted by atomic mass is 16.6. The van der Waals surface area contributed by atoms with Crippen LogP contribution in [-0.4, -0.2) is 20.9 Å². The van der Waals surface area contributed by atoms with Gasteiger partial charge in [-0.05, 0) is 18.2 Å². The van der Waals surface area contributed by atoms with Crippen LogP contribution < -0.4 is 5.32 Å². The van der Waals surface area contributed by atoms with E-state index in [1.807, 2.05) is 6.07 Å². The summed E-state index contributed by atoms with van der Waals surface area (Å²) in [6.07, 6.45) is 1.35. The maximum absolute atomic E-state index is 11.8. The second-order valence-electron chi connectivity index (χ2n) is 3.83. The summed E-state index contributed by atoms with van der Waals surface area (Å²) in [5.41, 5.74) is 0.109. The minimum Gasteiger partial charge on any atom is -0.502 e. The van der Waals surface area contributed by atoms with Gasteiger partial charge in [0.2, 0.25) is 0 Å². The molecule has 3 N–H and O–H groups in total. The number of nitro groups is 1. The number of nitrogens with zero attached hydrogens (tertiary/aromatic N) is 2. The number of carbonyl (C=O) groups is 1. The van der Waals surface area contributed by atoms with E-state index in [2.05, 4.69) is 10.3 Å². The van der Waals surface area contributed by atoms with Gasteiger partial charge >= 0.3 is 5.69 Å². The van der Waals surface area contributed by atoms with E-state index in [-0.39, 0.29) is 16.9 Å². The van der Waals surface area contributed by atoms with Crippen molar-refractivity contribution in [3.8, 4) is 11.8 Å². The van der Waals surface area contributed by atoms with E-state index in [0.29, 0.717) is 0 Å². The number of rotatable bonds is 3. The molecule has 0 saturated carbocycles. The molecule has 2 rings (SSSR count). The number of nitrogens with one attached hydrogen (secondary N) is 2. The number of aromatic nitrogens is 1. The molecule has 0 fully saturated rings. The highest BCUT2D eigenvalue weighted by molar-refractivity contribution is 6.04. The number of carbonyl (C=O) groups excluding carboxylic acids is 1. The summed E-state index contributed by atoms with van der Waals surface area (Å²) >= 11 is 0. The minimum atomic E-state index is -0.755. The van der Waals surface area contributed by atoms with Crippen LogP contribution in [0.25, 0.3) is 0 Å². The molecule has 8 heteroatoms. The van der Waals surface area contributed by atoms with Gasteiger partial charge in [0.05, 0.1) is 10.5 Å². The van der Waals surface area contributed by atoms with E-state index < -0.39 is 22.3 Å². The lowest BCUT2D eigenvalue weighted by atomic mass is 10.2. The second-order valence-corrected chi connectivity index (χ2v) is 3.83. The standard InChI is InChI=1S/C12H8N4O4/c13-5-9-3-7(6-14-9)12(18)15-8-1-2-11(17)10(4-8)16(19)20/h1-4,6,14,17H,(H,15,18). The first-order valence-electron chi connectivity index (χ1n) is 5.38. The zero-order valence-electron chi connectivity index (χ0n) is 9.95. The first kappa shape index (κ1) is 13.1. The zero-order chi connectivity index (χ0) is 14.7. The van der Waals surface area contributed by atoms with Crippen molar-refractivity contribution in [2.45, 2.75) is 0 Å². The van der Waals surface area contributed by atoms with Crippen LogP contribution in [0.3, 0.4) is 0 Å². The van der Waals surface area contributed by atoms with Gasteiger partial charge in [0.25, 0.3) is 5.91 Å². The second kappa shape index (κ2) is 5.11. The molecule has 0 unspecified atom stereocenters. The van der Waals surface area contributed by atoms with Crippen LogP contribution >= 0.6 is 0 Å². The van der Waals surface area contributed by atoms with Gasteiger partial charge in [0, 0.05) is 18.0 Å². The summed E-state index contributed by atoms with van der Waals surface area (Å²) in [5.74, 6) is -1.01. The molecule has 2 aromatic rings. The Bertz CT molecular complexity index is 729. The average Bonchev–Trinajstić information content (AvgIpc) is 2.89. The Morgan fingerprint density at radius 1 is 1.45 bits per heavy atom. The number of anilines is 1. The van der Waals surface area contributed by atoms with Gasteiger partial charge in [-0.15, -0.1) is 0 Å². The molecule has 1 aromatic carbocycles. The third kappa shape index (κ3) is 2.56. The number of nitro benzene ring substituents is 1. The summed E-state index contributed by atoms with van der Waals surface area (Å²) in [6, 6.07) is 6.69. The SMILES string of the molecule is N#Cc1cc(C(=O)Nc2ccc(O)c([N+](=O)[O-])c2)c[nH]1. The van der Waals surface area contributed by atoms with Gasteiger partial charge < -0.3 is 15.4 Å². The molecule has 0 atom stereocenters. The van der Waals surface area contributed by atoms with E-state index in [4.69, 9.17) is 5.26 Å². The number of benzene rings is 1. The van der Waals surface area contributed by atoms with Crippen molar-refractivity contribution in [1.82, 2.24) is 4.98 Å². The monoisotopic (exact) mass is 272 g/mol. The Morgan fingerprint density at radius 3 is 2.80 bits per heavy atom. The number of amides is 1. The zero-order valence-corrected chi connectivity index (χ0v) is 9.95. The topological polar surface area (TPSA) is 132 Å². The number of H-pyrrole nitrogens is 1. The third-order valence-electron chi connectivity index (χ3n) is 2.50. The van der Waals surface area contributed by atoms with E-state index in [9.17, 15) is 20.0 Å². The van der Waals surface area contributed by atoms with Gasteiger partial charge in [0.15, 0.2) is 5.75 Å². The molecule has 1 aromatic heterocycles. The predicted octanol–water partition coefficient (Wildman–Crippen LogP) is 1.75. The molecule has 0 spiro atoms. The van der Waals surface area contributed by atoms with E-state index in [0.717, 1.165) is 12.1 Å². The fourth-order valence-corrected chi connectivity index (χ4v) is 1.54. The molecule has 8 nitrogen and oxygen atoms in total. The maximum Gasteiger partial charge on any atom is 0.312 e. The van der Waals surface area contributed by atoms with Crippen molar-refractivity contribution in [1.29, 1.82) is 5.26 Å². The molecule has 0 aliphatic heterocycles. The predicted molar refractivity (Wildman–Crippen MR) is 68.2 cm³/mol. The van der Waals surface area contributed by atoms with Crippen molar-refractivity contribution in [2.24, 2.45) is 0 Å². The molecule has 0 bridgehead atoms. The van der Waals surface area contributed by atoms with Crippen LogP contribution in [0.5, 0.6) is 5.75 Å². The summed E-state index contributed by atoms with van der Waals surface area (Å²) in [5, 5.41) is 31.0. The Balaban J connectivity index is 2.22. The van der Waals surface area contributed by atoms with Crippen LogP contribution in [0, 0.1) is 21.4 Å². The van der Waals surface area contributed by atoms with Crippen molar-refractivity contribution in [3.05, 3.63) is 51.8 Å². The molecule has 100 valence electrons. The van der Waals surface area contributed by atoms with E-state index in [1.165, 1.54) is 18.3 Å². The van der Waals surface area contributed by atoms with Gasteiger partial charge in [0.1, 0.15) is 11.8 Å². The fraction of sp³-hybridized carbons (Fsp3) is 0. The molecule has 1 amide bonds. The molecule has 0 aliphatic carbocycles. The van der Waals surface area contributed by atoms with Crippen molar-refractivity contribution in [2.75, 3.05) is 5.32 Å². The summed E-state index contributed by atoms with van der Waals surface area (Å²) in [6.45, 7) is 0. The normalized spacial score (nSPS) is 9.75. The van der Waals surface area contributed by atoms with Crippen molar-refractivity contribution >= 4 is 17.3 Å². The molecular weight excluding hydrogens is 264 g/mol. The van der Waals surface area contributed by atoms with Crippen LogP contribution in [0.15, 0.2) is 30.5 Å². The molecule has 20 heavy (non-hydrogen) atoms. The quantitative estimate of drug-likeness (QED) is 0.445. The van der Waals surface area contributed by atoms with Crippen LogP contribution in [0.2, 0.25) is 0 Å². The summed E-state index contributed by atoms with van der Waals surface area (Å²) in [7, 11) is 0. The molecule has 0 aliphatic rings. The molecule has 0 radical (unpaired) electrons. The van der Waals surface area contributed by atoms with Crippen molar-refractivity contribution < 1.29 is 14.8 Å². The van der Waals surface area contributed by atoms with E-state index in [1.54, 1.807) is 0 Å². The largest absolute Gasteiger partial charge is 0.502 e. The minimum absolute atomic E-state index is 0.166. The number of hydrogen-bond donors (Lipinski definition) is 3. The van der Waals surface area contributed by atoms with Crippen LogP contribution in [0.1, 0.15) is 16.1 Å². The lowest BCUT2D eigenvalue weighted by Crippen LogP contribution is -2.11. The maximum atomic E-state index is 11.8. The third-order valence-corrected chi connectivity index (χ3v) is 2.50. The first-order valence-corrected chi connectivity index (χ1v) is 5.38. The van der Waals surface area contributed by atoms with Crippen molar-refractivity contribution in [3.63, 3.8) is 0 Å². The Labute approximate surface area is 112 Å². The average molecular weight is 272 g/mol. The Kier molecular flexibility index (Phi) is 3.35. The number of aromatic hydroxyl groups is 1. The Hall–Kier alpha value is -3.34. The number of aromatic amines is 1. The number of phenols is 1. The summed E-state index contributed by atoms with van der Waals surface area (Å²) < 4.78 is 0. The van der Waals surface area contributed by atoms with Gasteiger partial charge in [-0.2, -0.15) is 5.26 Å². The molecule has 1 heterocycles. The highest BCUT2D eigenvalue weighted by Crippen LogP contribution is 2.28. The lowest BCUT2D eigenvalue weighted by Gasteiger charge is -2.04. The van der Waals surface area contributed by atoms with Gasteiger partial charge in [-0.3, -0.25) is 14.9 Å². The first-order chi connectivity index (χ1) is 9.51. The van der Waals surface area contributed by atoms with Gasteiger partial charge in [-0.25, -0.2) is 0 Å². The lowest BCUT2D eigenvalue weighted by molar-refractivity contribution is -0.385. The number of hydrogen-bond acceptors (Lipinski definition) is 5. The molecular formula is C12H8N4O4. The smallest absolute Gasteiger partial charge is 0.312 e. The fourth-order valence-electron chi connectivity index (χ4n) is 1.54. The van der Waals surface area contributed by atoms with Crippen LogP contribution in [0.4, 0.5) is 11.4 Å². The number of nitriles is 1. The summed E-state index contributed by atoms with van der Waals surface area (Å²) in [4.78, 5) is 24.3. The van der Waals surface area contributed by atoms with E-state index >= 15 is 0 Å². The van der Waals surface area contributed by atoms with Gasteiger partial charge in [-0.1, -0.05) is 0 Å². The molecule has 0 saturated heterocycles. The van der Waals surface area contributed by atoms with Crippen LogP contribution in [-0.2, 0) is 0 Å². The number of phenolic OH excluding ortho intramolecular Hbond substituents is 1.